The Morgan fingerprint density at radius 2 is 1.61 bits per heavy atom. The smallest absolute Gasteiger partial charge is 0.417 e. The number of anilines is 2. The zero-order valence-corrected chi connectivity index (χ0v) is 18.3. The summed E-state index contributed by atoms with van der Waals surface area (Å²) in [6.07, 6.45) is -4.68. The first-order valence-electron chi connectivity index (χ1n) is 9.53. The van der Waals surface area contributed by atoms with Gasteiger partial charge in [0.25, 0.3) is 11.8 Å². The number of hydrogen-bond donors (Lipinski definition) is 2. The minimum atomic E-state index is -4.68. The van der Waals surface area contributed by atoms with Gasteiger partial charge in [0.1, 0.15) is 11.5 Å². The summed E-state index contributed by atoms with van der Waals surface area (Å²) in [5.41, 5.74) is 5.54. The SMILES string of the molecule is CN(C)C(=O)c1cc(Oc2ccc(NC(=O)c3ccc(Cl)c(C(F)(F)F)c3)cc2)ccc1N. The Bertz CT molecular complexity index is 1200. The highest BCUT2D eigenvalue weighted by molar-refractivity contribution is 6.31. The van der Waals surface area contributed by atoms with Gasteiger partial charge in [-0.1, -0.05) is 11.6 Å². The fourth-order valence-electron chi connectivity index (χ4n) is 2.85. The first-order chi connectivity index (χ1) is 15.5. The Kier molecular flexibility index (Phi) is 6.83. The van der Waals surface area contributed by atoms with Gasteiger partial charge in [-0.2, -0.15) is 13.2 Å². The van der Waals surface area contributed by atoms with Crippen molar-refractivity contribution in [3.8, 4) is 11.5 Å². The molecule has 0 saturated heterocycles. The number of halogens is 4. The standard InChI is InChI=1S/C23H19ClF3N3O3/c1-30(2)22(32)17-12-16(8-10-20(17)28)33-15-6-4-14(5-7-15)29-21(31)13-3-9-19(24)18(11-13)23(25,26)27/h3-12H,28H2,1-2H3,(H,29,31). The fraction of sp³-hybridized carbons (Fsp3) is 0.130. The Labute approximate surface area is 192 Å². The topological polar surface area (TPSA) is 84.7 Å². The third-order valence-electron chi connectivity index (χ3n) is 4.54. The third kappa shape index (κ3) is 5.75. The van der Waals surface area contributed by atoms with Gasteiger partial charge in [0, 0.05) is 31.0 Å². The van der Waals surface area contributed by atoms with Crippen LogP contribution in [0.15, 0.2) is 60.7 Å². The van der Waals surface area contributed by atoms with E-state index in [1.165, 1.54) is 29.2 Å². The second-order valence-electron chi connectivity index (χ2n) is 7.22. The van der Waals surface area contributed by atoms with Crippen LogP contribution in [0, 0.1) is 0 Å². The molecular weight excluding hydrogens is 459 g/mol. The molecule has 3 N–H and O–H groups in total. The van der Waals surface area contributed by atoms with Gasteiger partial charge in [0.15, 0.2) is 0 Å². The highest BCUT2D eigenvalue weighted by Gasteiger charge is 2.33. The maximum Gasteiger partial charge on any atom is 0.417 e. The minimum absolute atomic E-state index is 0.188. The van der Waals surface area contributed by atoms with E-state index in [-0.39, 0.29) is 11.5 Å². The van der Waals surface area contributed by atoms with Crippen molar-refractivity contribution in [2.24, 2.45) is 0 Å². The van der Waals surface area contributed by atoms with Gasteiger partial charge >= 0.3 is 6.18 Å². The number of amides is 2. The molecule has 0 atom stereocenters. The number of benzene rings is 3. The lowest BCUT2D eigenvalue weighted by atomic mass is 10.1. The molecule has 0 bridgehead atoms. The monoisotopic (exact) mass is 477 g/mol. The van der Waals surface area contributed by atoms with Crippen LogP contribution in [0.25, 0.3) is 0 Å². The van der Waals surface area contributed by atoms with E-state index in [1.54, 1.807) is 38.4 Å². The number of rotatable bonds is 5. The zero-order valence-electron chi connectivity index (χ0n) is 17.5. The summed E-state index contributed by atoms with van der Waals surface area (Å²) in [6.45, 7) is 0. The molecule has 0 aromatic heterocycles. The predicted molar refractivity (Wildman–Crippen MR) is 120 cm³/mol. The molecular formula is C23H19ClF3N3O3. The van der Waals surface area contributed by atoms with Crippen molar-refractivity contribution in [2.45, 2.75) is 6.18 Å². The van der Waals surface area contributed by atoms with Crippen molar-refractivity contribution in [1.82, 2.24) is 4.90 Å². The number of carbonyl (C=O) groups excluding carboxylic acids is 2. The van der Waals surface area contributed by atoms with E-state index < -0.39 is 22.7 Å². The molecule has 0 saturated carbocycles. The van der Waals surface area contributed by atoms with Crippen LogP contribution in [0.4, 0.5) is 24.5 Å². The third-order valence-corrected chi connectivity index (χ3v) is 4.87. The van der Waals surface area contributed by atoms with Crippen LogP contribution in [0.5, 0.6) is 11.5 Å². The van der Waals surface area contributed by atoms with Crippen LogP contribution in [-0.4, -0.2) is 30.8 Å². The molecule has 0 heterocycles. The Balaban J connectivity index is 1.72. The van der Waals surface area contributed by atoms with Crippen molar-refractivity contribution in [3.05, 3.63) is 82.4 Å². The lowest BCUT2D eigenvalue weighted by Gasteiger charge is -2.14. The van der Waals surface area contributed by atoms with E-state index in [0.717, 1.165) is 6.07 Å². The number of alkyl halides is 3. The van der Waals surface area contributed by atoms with E-state index in [2.05, 4.69) is 5.32 Å². The van der Waals surface area contributed by atoms with Crippen LogP contribution in [0.3, 0.4) is 0 Å². The quantitative estimate of drug-likeness (QED) is 0.462. The van der Waals surface area contributed by atoms with Crippen molar-refractivity contribution in [3.63, 3.8) is 0 Å². The van der Waals surface area contributed by atoms with Gasteiger partial charge in [-0.25, -0.2) is 0 Å². The molecule has 0 unspecified atom stereocenters. The van der Waals surface area contributed by atoms with Gasteiger partial charge in [0.05, 0.1) is 16.1 Å². The number of hydrogen-bond acceptors (Lipinski definition) is 4. The summed E-state index contributed by atoms with van der Waals surface area (Å²) in [6, 6.07) is 13.8. The lowest BCUT2D eigenvalue weighted by molar-refractivity contribution is -0.137. The molecule has 0 spiro atoms. The average Bonchev–Trinajstić information content (AvgIpc) is 2.75. The maximum atomic E-state index is 13.0. The average molecular weight is 478 g/mol. The van der Waals surface area contributed by atoms with Gasteiger partial charge in [-0.15, -0.1) is 0 Å². The molecule has 6 nitrogen and oxygen atoms in total. The Morgan fingerprint density at radius 3 is 2.21 bits per heavy atom. The molecule has 0 aliphatic heterocycles. The zero-order chi connectivity index (χ0) is 24.3. The molecule has 172 valence electrons. The second-order valence-corrected chi connectivity index (χ2v) is 7.63. The summed E-state index contributed by atoms with van der Waals surface area (Å²) >= 11 is 5.59. The van der Waals surface area contributed by atoms with Crippen molar-refractivity contribution < 1.29 is 27.5 Å². The van der Waals surface area contributed by atoms with E-state index >= 15 is 0 Å². The number of nitrogens with zero attached hydrogens (tertiary/aromatic N) is 1. The molecule has 0 aliphatic rings. The summed E-state index contributed by atoms with van der Waals surface area (Å²) < 4.78 is 44.8. The van der Waals surface area contributed by atoms with Gasteiger partial charge in [0.2, 0.25) is 0 Å². The van der Waals surface area contributed by atoms with Crippen LogP contribution in [-0.2, 0) is 6.18 Å². The number of ether oxygens (including phenoxy) is 1. The van der Waals surface area contributed by atoms with E-state index in [0.29, 0.717) is 34.5 Å². The summed E-state index contributed by atoms with van der Waals surface area (Å²) in [5.74, 6) is -0.206. The molecule has 2 amide bonds. The first-order valence-corrected chi connectivity index (χ1v) is 9.90. The van der Waals surface area contributed by atoms with Crippen molar-refractivity contribution in [2.75, 3.05) is 25.1 Å². The molecule has 0 fully saturated rings. The number of carbonyl (C=O) groups is 2. The van der Waals surface area contributed by atoms with Gasteiger partial charge < -0.3 is 20.7 Å². The predicted octanol–water partition coefficient (Wildman–Crippen LogP) is 5.69. The summed E-state index contributed by atoms with van der Waals surface area (Å²) in [5, 5.41) is 2.03. The molecule has 0 radical (unpaired) electrons. The summed E-state index contributed by atoms with van der Waals surface area (Å²) in [4.78, 5) is 26.0. The molecule has 33 heavy (non-hydrogen) atoms. The highest BCUT2D eigenvalue weighted by atomic mass is 35.5. The molecule has 3 aromatic carbocycles. The maximum absolute atomic E-state index is 13.0. The van der Waals surface area contributed by atoms with Crippen LogP contribution < -0.4 is 15.8 Å². The molecule has 3 rings (SSSR count). The molecule has 0 aliphatic carbocycles. The fourth-order valence-corrected chi connectivity index (χ4v) is 3.08. The molecule has 10 heteroatoms. The lowest BCUT2D eigenvalue weighted by Crippen LogP contribution is -2.22. The van der Waals surface area contributed by atoms with E-state index in [4.69, 9.17) is 22.1 Å². The first kappa shape index (κ1) is 23.9. The van der Waals surface area contributed by atoms with Crippen LogP contribution in [0.1, 0.15) is 26.3 Å². The van der Waals surface area contributed by atoms with Crippen molar-refractivity contribution >= 4 is 34.8 Å². The second kappa shape index (κ2) is 9.41. The van der Waals surface area contributed by atoms with Crippen LogP contribution in [0.2, 0.25) is 5.02 Å². The van der Waals surface area contributed by atoms with Gasteiger partial charge in [-0.05, 0) is 60.7 Å². The number of nitrogens with one attached hydrogen (secondary N) is 1. The highest BCUT2D eigenvalue weighted by Crippen LogP contribution is 2.35. The largest absolute Gasteiger partial charge is 0.457 e. The Morgan fingerprint density at radius 1 is 0.970 bits per heavy atom. The minimum Gasteiger partial charge on any atom is -0.457 e. The van der Waals surface area contributed by atoms with E-state index in [9.17, 15) is 22.8 Å². The van der Waals surface area contributed by atoms with Crippen molar-refractivity contribution in [1.29, 1.82) is 0 Å². The summed E-state index contributed by atoms with van der Waals surface area (Å²) in [7, 11) is 3.21. The van der Waals surface area contributed by atoms with E-state index in [1.807, 2.05) is 0 Å². The number of nitrogens with two attached hydrogens (primary N) is 1. The Hall–Kier alpha value is -3.72. The number of nitrogen functional groups attached to an aromatic ring is 1. The van der Waals surface area contributed by atoms with Crippen LogP contribution >= 0.6 is 11.6 Å². The normalized spacial score (nSPS) is 11.1. The molecule has 3 aromatic rings. The van der Waals surface area contributed by atoms with Gasteiger partial charge in [-0.3, -0.25) is 9.59 Å².